The van der Waals surface area contributed by atoms with E-state index in [0.717, 1.165) is 29.7 Å². The SMILES string of the molecule is CCCn1c(C(=O)NC(C)c2ccccc2)cc2sccc21. The number of nitrogens with zero attached hydrogens (tertiary/aromatic N) is 1. The molecule has 4 heteroatoms. The van der Waals surface area contributed by atoms with Crippen LogP contribution in [0.2, 0.25) is 0 Å². The lowest BCUT2D eigenvalue weighted by molar-refractivity contribution is 0.0931. The molecule has 0 aliphatic heterocycles. The van der Waals surface area contributed by atoms with Crippen LogP contribution in [0.15, 0.2) is 47.8 Å². The quantitative estimate of drug-likeness (QED) is 0.734. The van der Waals surface area contributed by atoms with Gasteiger partial charge in [0, 0.05) is 6.54 Å². The van der Waals surface area contributed by atoms with Gasteiger partial charge in [-0.1, -0.05) is 37.3 Å². The minimum Gasteiger partial charge on any atom is -0.344 e. The lowest BCUT2D eigenvalue weighted by Crippen LogP contribution is -2.28. The van der Waals surface area contributed by atoms with Crippen molar-refractivity contribution in [1.29, 1.82) is 0 Å². The molecule has 0 aliphatic carbocycles. The number of carbonyl (C=O) groups excluding carboxylic acids is 1. The number of aromatic nitrogens is 1. The van der Waals surface area contributed by atoms with E-state index in [2.05, 4.69) is 28.3 Å². The number of nitrogens with one attached hydrogen (secondary N) is 1. The summed E-state index contributed by atoms with van der Waals surface area (Å²) in [6, 6.07) is 14.1. The van der Waals surface area contributed by atoms with E-state index in [4.69, 9.17) is 0 Å². The highest BCUT2D eigenvalue weighted by molar-refractivity contribution is 7.17. The number of fused-ring (bicyclic) bond motifs is 1. The third-order valence-corrected chi connectivity index (χ3v) is 4.70. The number of carbonyl (C=O) groups is 1. The largest absolute Gasteiger partial charge is 0.344 e. The molecular formula is C18H20N2OS. The molecule has 2 heterocycles. The van der Waals surface area contributed by atoms with Gasteiger partial charge in [0.05, 0.1) is 16.3 Å². The molecule has 0 saturated carbocycles. The Morgan fingerprint density at radius 2 is 2.05 bits per heavy atom. The second kappa shape index (κ2) is 6.36. The van der Waals surface area contributed by atoms with E-state index in [1.54, 1.807) is 11.3 Å². The summed E-state index contributed by atoms with van der Waals surface area (Å²) in [5.74, 6) is -0.00629. The summed E-state index contributed by atoms with van der Waals surface area (Å²) in [5.41, 5.74) is 3.03. The van der Waals surface area contributed by atoms with Gasteiger partial charge in [-0.2, -0.15) is 0 Å². The zero-order chi connectivity index (χ0) is 15.5. The molecule has 0 aliphatic rings. The second-order valence-electron chi connectivity index (χ2n) is 5.46. The molecule has 0 radical (unpaired) electrons. The van der Waals surface area contributed by atoms with Gasteiger partial charge in [-0.15, -0.1) is 11.3 Å². The van der Waals surface area contributed by atoms with Crippen molar-refractivity contribution in [3.05, 3.63) is 59.1 Å². The highest BCUT2D eigenvalue weighted by Gasteiger charge is 2.18. The van der Waals surface area contributed by atoms with Crippen LogP contribution in [-0.2, 0) is 6.54 Å². The number of thiophene rings is 1. The molecule has 0 fully saturated rings. The smallest absolute Gasteiger partial charge is 0.268 e. The standard InChI is InChI=1S/C18H20N2OS/c1-3-10-20-15-9-11-22-17(15)12-16(20)18(21)19-13(2)14-7-5-4-6-8-14/h4-9,11-13H,3,10H2,1-2H3,(H,19,21). The molecule has 3 aromatic rings. The van der Waals surface area contributed by atoms with Gasteiger partial charge in [-0.05, 0) is 36.4 Å². The maximum Gasteiger partial charge on any atom is 0.268 e. The summed E-state index contributed by atoms with van der Waals surface area (Å²) >= 11 is 1.68. The Bertz CT molecular complexity index is 773. The second-order valence-corrected chi connectivity index (χ2v) is 6.40. The van der Waals surface area contributed by atoms with Crippen LogP contribution in [0.5, 0.6) is 0 Å². The van der Waals surface area contributed by atoms with E-state index < -0.39 is 0 Å². The molecule has 3 nitrogen and oxygen atoms in total. The van der Waals surface area contributed by atoms with Gasteiger partial charge in [0.25, 0.3) is 5.91 Å². The van der Waals surface area contributed by atoms with Gasteiger partial charge >= 0.3 is 0 Å². The minimum atomic E-state index is -0.00629. The Hall–Kier alpha value is -2.07. The van der Waals surface area contributed by atoms with Crippen molar-refractivity contribution >= 4 is 27.5 Å². The van der Waals surface area contributed by atoms with Crippen LogP contribution >= 0.6 is 11.3 Å². The number of benzene rings is 1. The Morgan fingerprint density at radius 3 is 2.77 bits per heavy atom. The molecule has 3 rings (SSSR count). The van der Waals surface area contributed by atoms with E-state index >= 15 is 0 Å². The molecule has 0 saturated heterocycles. The maximum absolute atomic E-state index is 12.7. The Labute approximate surface area is 134 Å². The zero-order valence-corrected chi connectivity index (χ0v) is 13.7. The first kappa shape index (κ1) is 14.9. The van der Waals surface area contributed by atoms with Crippen molar-refractivity contribution < 1.29 is 4.79 Å². The summed E-state index contributed by atoms with van der Waals surface area (Å²) < 4.78 is 3.30. The normalized spacial score (nSPS) is 12.5. The van der Waals surface area contributed by atoms with Crippen LogP contribution in [-0.4, -0.2) is 10.5 Å². The Balaban J connectivity index is 1.85. The first-order valence-corrected chi connectivity index (χ1v) is 8.51. The van der Waals surface area contributed by atoms with Crippen molar-refractivity contribution in [1.82, 2.24) is 9.88 Å². The van der Waals surface area contributed by atoms with Crippen molar-refractivity contribution in [3.8, 4) is 0 Å². The maximum atomic E-state index is 12.7. The Kier molecular flexibility index (Phi) is 4.29. The predicted molar refractivity (Wildman–Crippen MR) is 92.4 cm³/mol. The molecular weight excluding hydrogens is 292 g/mol. The number of amides is 1. The minimum absolute atomic E-state index is 0.00304. The summed E-state index contributed by atoms with van der Waals surface area (Å²) in [7, 11) is 0. The molecule has 0 spiro atoms. The fourth-order valence-corrected chi connectivity index (χ4v) is 3.55. The van der Waals surface area contributed by atoms with E-state index in [9.17, 15) is 4.79 Å². The molecule has 0 bridgehead atoms. The lowest BCUT2D eigenvalue weighted by atomic mass is 10.1. The van der Waals surface area contributed by atoms with Crippen LogP contribution in [0, 0.1) is 0 Å². The third-order valence-electron chi connectivity index (χ3n) is 3.85. The monoisotopic (exact) mass is 312 g/mol. The predicted octanol–water partition coefficient (Wildman–Crippen LogP) is 4.60. The summed E-state index contributed by atoms with van der Waals surface area (Å²) in [6.07, 6.45) is 1.01. The fourth-order valence-electron chi connectivity index (χ4n) is 2.73. The van der Waals surface area contributed by atoms with E-state index in [0.29, 0.717) is 0 Å². The highest BCUT2D eigenvalue weighted by atomic mass is 32.1. The Morgan fingerprint density at radius 1 is 1.27 bits per heavy atom. The van der Waals surface area contributed by atoms with Crippen molar-refractivity contribution in [2.75, 3.05) is 0 Å². The van der Waals surface area contributed by atoms with Crippen LogP contribution < -0.4 is 5.32 Å². The number of hydrogen-bond acceptors (Lipinski definition) is 2. The molecule has 1 N–H and O–H groups in total. The van der Waals surface area contributed by atoms with Gasteiger partial charge < -0.3 is 9.88 Å². The summed E-state index contributed by atoms with van der Waals surface area (Å²) in [4.78, 5) is 12.7. The van der Waals surface area contributed by atoms with Crippen molar-refractivity contribution in [3.63, 3.8) is 0 Å². The summed E-state index contributed by atoms with van der Waals surface area (Å²) in [6.45, 7) is 5.01. The highest BCUT2D eigenvalue weighted by Crippen LogP contribution is 2.26. The van der Waals surface area contributed by atoms with E-state index in [1.807, 2.05) is 43.3 Å². The first-order chi connectivity index (χ1) is 10.7. The van der Waals surface area contributed by atoms with Crippen LogP contribution in [0.3, 0.4) is 0 Å². The molecule has 1 aromatic carbocycles. The van der Waals surface area contributed by atoms with E-state index in [-0.39, 0.29) is 11.9 Å². The average molecular weight is 312 g/mol. The summed E-state index contributed by atoms with van der Waals surface area (Å²) in [5, 5.41) is 5.18. The van der Waals surface area contributed by atoms with Crippen LogP contribution in [0.1, 0.15) is 42.4 Å². The molecule has 114 valence electrons. The lowest BCUT2D eigenvalue weighted by Gasteiger charge is -2.15. The fraction of sp³-hybridized carbons (Fsp3) is 0.278. The first-order valence-electron chi connectivity index (χ1n) is 7.63. The van der Waals surface area contributed by atoms with Gasteiger partial charge in [-0.25, -0.2) is 0 Å². The number of hydrogen-bond donors (Lipinski definition) is 1. The number of rotatable bonds is 5. The molecule has 1 unspecified atom stereocenters. The molecule has 2 aromatic heterocycles. The average Bonchev–Trinajstić information content (AvgIpc) is 3.11. The van der Waals surface area contributed by atoms with Gasteiger partial charge in [0.1, 0.15) is 5.69 Å². The van der Waals surface area contributed by atoms with Crippen molar-refractivity contribution in [2.24, 2.45) is 0 Å². The van der Waals surface area contributed by atoms with Gasteiger partial charge in [0.2, 0.25) is 0 Å². The third kappa shape index (κ3) is 2.79. The van der Waals surface area contributed by atoms with E-state index in [1.165, 1.54) is 4.70 Å². The van der Waals surface area contributed by atoms with Gasteiger partial charge in [-0.3, -0.25) is 4.79 Å². The van der Waals surface area contributed by atoms with Crippen molar-refractivity contribution in [2.45, 2.75) is 32.9 Å². The van der Waals surface area contributed by atoms with Crippen LogP contribution in [0.4, 0.5) is 0 Å². The number of aryl methyl sites for hydroxylation is 1. The van der Waals surface area contributed by atoms with Crippen LogP contribution in [0.25, 0.3) is 10.2 Å². The molecule has 1 amide bonds. The van der Waals surface area contributed by atoms with Gasteiger partial charge in [0.15, 0.2) is 0 Å². The topological polar surface area (TPSA) is 34.0 Å². The zero-order valence-electron chi connectivity index (χ0n) is 12.9. The molecule has 1 atom stereocenters. The molecule has 22 heavy (non-hydrogen) atoms.